The monoisotopic (exact) mass is 244 g/mol. The van der Waals surface area contributed by atoms with Gasteiger partial charge in [-0.2, -0.15) is 5.26 Å². The van der Waals surface area contributed by atoms with Crippen molar-refractivity contribution in [3.8, 4) is 6.07 Å². The van der Waals surface area contributed by atoms with Gasteiger partial charge in [0, 0.05) is 18.8 Å². The average Bonchev–Trinajstić information content (AvgIpc) is 2.46. The van der Waals surface area contributed by atoms with Crippen LogP contribution in [0.2, 0.25) is 0 Å². The van der Waals surface area contributed by atoms with Gasteiger partial charge >= 0.3 is 0 Å². The Balaban J connectivity index is 1.98. The highest BCUT2D eigenvalue weighted by Gasteiger charge is 2.22. The predicted octanol–water partition coefficient (Wildman–Crippen LogP) is 2.27. The zero-order valence-corrected chi connectivity index (χ0v) is 10.6. The van der Waals surface area contributed by atoms with Gasteiger partial charge in [-0.25, -0.2) is 4.98 Å². The van der Waals surface area contributed by atoms with Crippen LogP contribution in [0.1, 0.15) is 37.7 Å². The first-order chi connectivity index (χ1) is 8.83. The van der Waals surface area contributed by atoms with Crippen molar-refractivity contribution < 1.29 is 0 Å². The summed E-state index contributed by atoms with van der Waals surface area (Å²) in [5.74, 6) is 1.47. The average molecular weight is 244 g/mol. The van der Waals surface area contributed by atoms with Crippen molar-refractivity contribution in [1.82, 2.24) is 4.98 Å². The minimum Gasteiger partial charge on any atom is -0.366 e. The second-order valence-electron chi connectivity index (χ2n) is 4.93. The molecular formula is C14H20N4. The van der Waals surface area contributed by atoms with E-state index in [4.69, 9.17) is 11.0 Å². The second-order valence-corrected chi connectivity index (χ2v) is 4.93. The van der Waals surface area contributed by atoms with Crippen LogP contribution in [0.3, 0.4) is 0 Å². The summed E-state index contributed by atoms with van der Waals surface area (Å²) < 4.78 is 0. The number of rotatable bonds is 4. The topological polar surface area (TPSA) is 74.7 Å². The van der Waals surface area contributed by atoms with Gasteiger partial charge in [0.25, 0.3) is 0 Å². The summed E-state index contributed by atoms with van der Waals surface area (Å²) in [7, 11) is 0. The normalized spacial score (nSPS) is 18.0. The van der Waals surface area contributed by atoms with Crippen LogP contribution in [-0.4, -0.2) is 17.6 Å². The van der Waals surface area contributed by atoms with Crippen molar-refractivity contribution >= 4 is 5.82 Å². The number of hydrogen-bond acceptors (Lipinski definition) is 4. The molecule has 1 heterocycles. The molecule has 0 saturated heterocycles. The van der Waals surface area contributed by atoms with Gasteiger partial charge in [-0.05, 0) is 30.9 Å². The molecule has 3 N–H and O–H groups in total. The summed E-state index contributed by atoms with van der Waals surface area (Å²) in [4.78, 5) is 4.24. The van der Waals surface area contributed by atoms with Gasteiger partial charge in [0.1, 0.15) is 11.9 Å². The van der Waals surface area contributed by atoms with Gasteiger partial charge in [0.2, 0.25) is 0 Å². The molecular weight excluding hydrogens is 224 g/mol. The van der Waals surface area contributed by atoms with Crippen LogP contribution in [0.5, 0.6) is 0 Å². The van der Waals surface area contributed by atoms with Gasteiger partial charge in [-0.1, -0.05) is 19.3 Å². The van der Waals surface area contributed by atoms with Crippen molar-refractivity contribution in [3.63, 3.8) is 0 Å². The summed E-state index contributed by atoms with van der Waals surface area (Å²) in [6, 6.07) is 6.00. The minimum atomic E-state index is 0.297. The number of anilines is 1. The summed E-state index contributed by atoms with van der Waals surface area (Å²) in [5, 5.41) is 12.1. The van der Waals surface area contributed by atoms with Crippen molar-refractivity contribution in [1.29, 1.82) is 5.26 Å². The fourth-order valence-corrected chi connectivity index (χ4v) is 2.64. The Labute approximate surface area is 108 Å². The van der Waals surface area contributed by atoms with Gasteiger partial charge < -0.3 is 11.1 Å². The number of nitrogens with zero attached hydrogens (tertiary/aromatic N) is 2. The quantitative estimate of drug-likeness (QED) is 0.852. The molecule has 0 aliphatic heterocycles. The van der Waals surface area contributed by atoms with E-state index in [9.17, 15) is 0 Å². The predicted molar refractivity (Wildman–Crippen MR) is 72.0 cm³/mol. The molecule has 1 saturated carbocycles. The lowest BCUT2D eigenvalue weighted by Gasteiger charge is -2.30. The molecule has 0 bridgehead atoms. The van der Waals surface area contributed by atoms with Crippen LogP contribution in [0.15, 0.2) is 18.3 Å². The van der Waals surface area contributed by atoms with E-state index < -0.39 is 0 Å². The molecule has 0 aromatic carbocycles. The van der Waals surface area contributed by atoms with Gasteiger partial charge in [0.15, 0.2) is 0 Å². The summed E-state index contributed by atoms with van der Waals surface area (Å²) >= 11 is 0. The molecule has 0 amide bonds. The van der Waals surface area contributed by atoms with Crippen LogP contribution < -0.4 is 11.1 Å². The largest absolute Gasteiger partial charge is 0.366 e. The number of aromatic nitrogens is 1. The van der Waals surface area contributed by atoms with Gasteiger partial charge in [-0.3, -0.25) is 0 Å². The van der Waals surface area contributed by atoms with E-state index >= 15 is 0 Å². The molecule has 2 rings (SSSR count). The first-order valence-electron chi connectivity index (χ1n) is 6.66. The van der Waals surface area contributed by atoms with Crippen molar-refractivity contribution in [3.05, 3.63) is 23.9 Å². The van der Waals surface area contributed by atoms with Crippen LogP contribution in [0, 0.1) is 17.2 Å². The highest BCUT2D eigenvalue weighted by molar-refractivity contribution is 5.40. The molecule has 1 aliphatic rings. The number of nitriles is 1. The lowest BCUT2D eigenvalue weighted by atomic mass is 9.84. The maximum Gasteiger partial charge on any atom is 0.126 e. The Morgan fingerprint density at radius 3 is 2.72 bits per heavy atom. The Morgan fingerprint density at radius 1 is 1.39 bits per heavy atom. The van der Waals surface area contributed by atoms with Gasteiger partial charge in [-0.15, -0.1) is 0 Å². The van der Waals surface area contributed by atoms with Crippen LogP contribution in [-0.2, 0) is 0 Å². The molecule has 18 heavy (non-hydrogen) atoms. The molecule has 4 heteroatoms. The highest BCUT2D eigenvalue weighted by atomic mass is 15.0. The number of nitrogens with two attached hydrogens (primary N) is 1. The fourth-order valence-electron chi connectivity index (χ4n) is 2.64. The first-order valence-corrected chi connectivity index (χ1v) is 6.66. The lowest BCUT2D eigenvalue weighted by Crippen LogP contribution is -2.37. The SMILES string of the molecule is N#Cc1ccc(NC(CN)C2CCCCC2)nc1. The maximum absolute atomic E-state index is 8.73. The standard InChI is InChI=1S/C14H20N4/c15-8-11-6-7-14(17-10-11)18-13(9-16)12-4-2-1-3-5-12/h6-7,10,12-13H,1-5,9,16H2,(H,17,18). The van der Waals surface area contributed by atoms with Gasteiger partial charge in [0.05, 0.1) is 5.56 Å². The van der Waals surface area contributed by atoms with Crippen molar-refractivity contribution in [2.45, 2.75) is 38.1 Å². The van der Waals surface area contributed by atoms with Crippen LogP contribution >= 0.6 is 0 Å². The van der Waals surface area contributed by atoms with E-state index in [-0.39, 0.29) is 0 Å². The molecule has 0 spiro atoms. The Morgan fingerprint density at radius 2 is 2.17 bits per heavy atom. The Bertz CT molecular complexity index is 401. The zero-order valence-electron chi connectivity index (χ0n) is 10.6. The molecule has 0 radical (unpaired) electrons. The highest BCUT2D eigenvalue weighted by Crippen LogP contribution is 2.27. The number of pyridine rings is 1. The zero-order chi connectivity index (χ0) is 12.8. The lowest BCUT2D eigenvalue weighted by molar-refractivity contribution is 0.320. The Kier molecular flexibility index (Phi) is 4.54. The van der Waals surface area contributed by atoms with E-state index in [0.717, 1.165) is 5.82 Å². The molecule has 1 aromatic rings. The van der Waals surface area contributed by atoms with Crippen LogP contribution in [0.25, 0.3) is 0 Å². The third-order valence-corrected chi connectivity index (χ3v) is 3.70. The summed E-state index contributed by atoms with van der Waals surface area (Å²) in [6.45, 7) is 0.631. The van der Waals surface area contributed by atoms with E-state index in [2.05, 4.69) is 16.4 Å². The second kappa shape index (κ2) is 6.36. The first kappa shape index (κ1) is 12.8. The fraction of sp³-hybridized carbons (Fsp3) is 0.571. The van der Waals surface area contributed by atoms with Crippen LogP contribution in [0.4, 0.5) is 5.82 Å². The molecule has 1 fully saturated rings. The molecule has 1 aliphatic carbocycles. The molecule has 4 nitrogen and oxygen atoms in total. The third kappa shape index (κ3) is 3.21. The van der Waals surface area contributed by atoms with E-state index in [1.165, 1.54) is 32.1 Å². The minimum absolute atomic E-state index is 0.297. The summed E-state index contributed by atoms with van der Waals surface area (Å²) in [5.41, 5.74) is 6.45. The maximum atomic E-state index is 8.73. The van der Waals surface area contributed by atoms with E-state index in [1.54, 1.807) is 12.3 Å². The Hall–Kier alpha value is -1.60. The smallest absolute Gasteiger partial charge is 0.126 e. The number of nitrogens with one attached hydrogen (secondary N) is 1. The van der Waals surface area contributed by atoms with E-state index in [0.29, 0.717) is 24.1 Å². The third-order valence-electron chi connectivity index (χ3n) is 3.70. The molecule has 1 atom stereocenters. The van der Waals surface area contributed by atoms with Crippen molar-refractivity contribution in [2.75, 3.05) is 11.9 Å². The number of hydrogen-bond donors (Lipinski definition) is 2. The molecule has 1 unspecified atom stereocenters. The molecule has 96 valence electrons. The van der Waals surface area contributed by atoms with Crippen molar-refractivity contribution in [2.24, 2.45) is 11.7 Å². The molecule has 1 aromatic heterocycles. The summed E-state index contributed by atoms with van der Waals surface area (Å²) in [6.07, 6.45) is 8.07. The van der Waals surface area contributed by atoms with E-state index in [1.807, 2.05) is 6.07 Å².